The Kier molecular flexibility index (Phi) is 9.84. The van der Waals surface area contributed by atoms with Crippen molar-refractivity contribution in [3.8, 4) is 11.4 Å². The molecule has 0 saturated carbocycles. The van der Waals surface area contributed by atoms with Crippen molar-refractivity contribution < 1.29 is 0 Å². The molecule has 0 bridgehead atoms. The summed E-state index contributed by atoms with van der Waals surface area (Å²) in [6.07, 6.45) is 17.8. The van der Waals surface area contributed by atoms with Gasteiger partial charge >= 0.3 is 5.69 Å². The number of aryl methyl sites for hydroxylation is 3. The number of unbranched alkanes of at least 4 members (excludes halogenated alkanes) is 8. The molecule has 4 aromatic rings. The summed E-state index contributed by atoms with van der Waals surface area (Å²) in [5.74, 6) is -0.00458. The van der Waals surface area contributed by atoms with Gasteiger partial charge in [-0.05, 0) is 67.5 Å². The van der Waals surface area contributed by atoms with E-state index in [2.05, 4.69) is 50.0 Å². The summed E-state index contributed by atoms with van der Waals surface area (Å²) in [6, 6.07) is 8.39. The summed E-state index contributed by atoms with van der Waals surface area (Å²) in [5.41, 5.74) is 9.58. The fraction of sp³-hybridized carbons (Fsp3) is 0.483. The predicted octanol–water partition coefficient (Wildman–Crippen LogP) is 5.16. The lowest BCUT2D eigenvalue weighted by atomic mass is 10.0. The van der Waals surface area contributed by atoms with E-state index in [-0.39, 0.29) is 17.2 Å². The Morgan fingerprint density at radius 2 is 1.37 bits per heavy atom. The number of anilines is 1. The Morgan fingerprint density at radius 3 is 2.00 bits per heavy atom. The maximum absolute atomic E-state index is 12.3. The molecule has 202 valence electrons. The van der Waals surface area contributed by atoms with Gasteiger partial charge in [-0.2, -0.15) is 4.98 Å². The molecule has 0 radical (unpaired) electrons. The quantitative estimate of drug-likeness (QED) is 0.186. The fourth-order valence-electron chi connectivity index (χ4n) is 4.87. The topological polar surface area (TPSA) is 135 Å². The normalized spacial score (nSPS) is 11.4. The predicted molar refractivity (Wildman–Crippen MR) is 152 cm³/mol. The second kappa shape index (κ2) is 13.7. The Labute approximate surface area is 223 Å². The van der Waals surface area contributed by atoms with Crippen molar-refractivity contribution in [2.75, 3.05) is 5.73 Å². The van der Waals surface area contributed by atoms with Gasteiger partial charge in [0.15, 0.2) is 11.2 Å². The summed E-state index contributed by atoms with van der Waals surface area (Å²) in [6.45, 7) is 2.71. The highest BCUT2D eigenvalue weighted by molar-refractivity contribution is 5.70. The van der Waals surface area contributed by atoms with E-state index in [1.165, 1.54) is 67.1 Å². The molecule has 0 aliphatic rings. The molecule has 4 aromatic heterocycles. The Hall–Kier alpha value is -3.75. The van der Waals surface area contributed by atoms with Crippen LogP contribution in [0.25, 0.3) is 22.6 Å². The number of H-pyrrole nitrogens is 2. The highest BCUT2D eigenvalue weighted by Crippen LogP contribution is 2.19. The minimum absolute atomic E-state index is 0.00458. The van der Waals surface area contributed by atoms with Crippen LogP contribution in [-0.4, -0.2) is 29.5 Å². The summed E-state index contributed by atoms with van der Waals surface area (Å²) in [4.78, 5) is 42.5. The van der Waals surface area contributed by atoms with Crippen LogP contribution in [-0.2, 0) is 19.4 Å². The number of hydrogen-bond acceptors (Lipinski definition) is 6. The zero-order chi connectivity index (χ0) is 26.7. The fourth-order valence-corrected chi connectivity index (χ4v) is 4.87. The molecule has 9 heteroatoms. The molecule has 0 aromatic carbocycles. The number of pyridine rings is 2. The van der Waals surface area contributed by atoms with Gasteiger partial charge in [0.25, 0.3) is 5.56 Å². The zero-order valence-corrected chi connectivity index (χ0v) is 22.3. The molecule has 0 spiro atoms. The second-order valence-corrected chi connectivity index (χ2v) is 10.0. The van der Waals surface area contributed by atoms with Crippen molar-refractivity contribution in [1.29, 1.82) is 0 Å². The third-order valence-corrected chi connectivity index (χ3v) is 6.98. The van der Waals surface area contributed by atoms with Crippen LogP contribution in [0.15, 0.2) is 46.2 Å². The van der Waals surface area contributed by atoms with Gasteiger partial charge in [-0.3, -0.25) is 29.3 Å². The molecular formula is C29H39N7O2. The van der Waals surface area contributed by atoms with Crippen LogP contribution in [0.5, 0.6) is 0 Å². The van der Waals surface area contributed by atoms with Crippen LogP contribution in [0, 0.1) is 0 Å². The number of nitrogens with zero attached hydrogens (tertiary/aromatic N) is 4. The molecule has 0 aliphatic heterocycles. The first kappa shape index (κ1) is 27.3. The lowest BCUT2D eigenvalue weighted by Crippen LogP contribution is -2.17. The molecule has 0 atom stereocenters. The van der Waals surface area contributed by atoms with Crippen LogP contribution in [0.4, 0.5) is 5.95 Å². The van der Waals surface area contributed by atoms with Crippen LogP contribution in [0.2, 0.25) is 0 Å². The number of nitrogen functional groups attached to an aromatic ring is 1. The minimum atomic E-state index is -0.442. The van der Waals surface area contributed by atoms with Crippen molar-refractivity contribution in [3.63, 3.8) is 0 Å². The van der Waals surface area contributed by atoms with E-state index in [0.717, 1.165) is 37.1 Å². The van der Waals surface area contributed by atoms with E-state index in [1.807, 2.05) is 18.5 Å². The maximum atomic E-state index is 12.3. The summed E-state index contributed by atoms with van der Waals surface area (Å²) < 4.78 is 1.47. The molecule has 0 saturated heterocycles. The second-order valence-electron chi connectivity index (χ2n) is 10.0. The Bertz CT molecular complexity index is 1440. The van der Waals surface area contributed by atoms with Gasteiger partial charge in [0.2, 0.25) is 5.95 Å². The number of fused-ring (bicyclic) bond motifs is 1. The first-order valence-electron chi connectivity index (χ1n) is 13.9. The Morgan fingerprint density at radius 1 is 0.789 bits per heavy atom. The molecular weight excluding hydrogens is 478 g/mol. The Balaban J connectivity index is 1.27. The van der Waals surface area contributed by atoms with Gasteiger partial charge in [0.05, 0.1) is 11.4 Å². The van der Waals surface area contributed by atoms with Crippen LogP contribution < -0.4 is 17.0 Å². The highest BCUT2D eigenvalue weighted by atomic mass is 16.2. The molecule has 38 heavy (non-hydrogen) atoms. The van der Waals surface area contributed by atoms with E-state index in [1.54, 1.807) is 0 Å². The SMILES string of the molecule is CCCCCCCCCCc1ccnc(-c2cc(CCCCn3c(=O)[nH]c4c(=O)[nH]c(N)nc43)ccn2)c1. The van der Waals surface area contributed by atoms with Crippen molar-refractivity contribution in [1.82, 2.24) is 29.5 Å². The van der Waals surface area contributed by atoms with E-state index in [9.17, 15) is 9.59 Å². The molecule has 4 rings (SSSR count). The molecule has 4 N–H and O–H groups in total. The van der Waals surface area contributed by atoms with E-state index in [4.69, 9.17) is 5.73 Å². The van der Waals surface area contributed by atoms with Gasteiger partial charge in [0.1, 0.15) is 0 Å². The van der Waals surface area contributed by atoms with Crippen LogP contribution in [0.3, 0.4) is 0 Å². The lowest BCUT2D eigenvalue weighted by Gasteiger charge is -2.07. The van der Waals surface area contributed by atoms with E-state index in [0.29, 0.717) is 12.2 Å². The number of imidazole rings is 1. The molecule has 0 amide bonds. The monoisotopic (exact) mass is 517 g/mol. The van der Waals surface area contributed by atoms with Gasteiger partial charge < -0.3 is 5.73 Å². The van der Waals surface area contributed by atoms with Crippen molar-refractivity contribution in [2.24, 2.45) is 0 Å². The lowest BCUT2D eigenvalue weighted by molar-refractivity contribution is 0.575. The van der Waals surface area contributed by atoms with E-state index < -0.39 is 5.56 Å². The number of rotatable bonds is 15. The van der Waals surface area contributed by atoms with Crippen molar-refractivity contribution in [2.45, 2.75) is 90.5 Å². The third kappa shape index (κ3) is 7.40. The number of hydrogen-bond donors (Lipinski definition) is 3. The van der Waals surface area contributed by atoms with Gasteiger partial charge in [-0.15, -0.1) is 0 Å². The number of nitrogens with one attached hydrogen (secondary N) is 2. The first-order valence-corrected chi connectivity index (χ1v) is 13.9. The highest BCUT2D eigenvalue weighted by Gasteiger charge is 2.12. The molecule has 0 unspecified atom stereocenters. The smallest absolute Gasteiger partial charge is 0.327 e. The third-order valence-electron chi connectivity index (χ3n) is 6.98. The van der Waals surface area contributed by atoms with Gasteiger partial charge in [-0.25, -0.2) is 4.79 Å². The number of aromatic amines is 2. The summed E-state index contributed by atoms with van der Waals surface area (Å²) in [7, 11) is 0. The minimum Gasteiger partial charge on any atom is -0.369 e. The molecule has 9 nitrogen and oxygen atoms in total. The molecule has 0 aliphatic carbocycles. The van der Waals surface area contributed by atoms with Gasteiger partial charge in [-0.1, -0.05) is 51.9 Å². The number of aromatic nitrogens is 6. The van der Waals surface area contributed by atoms with Crippen molar-refractivity contribution >= 4 is 17.1 Å². The average molecular weight is 518 g/mol. The van der Waals surface area contributed by atoms with Crippen LogP contribution in [0.1, 0.15) is 82.3 Å². The standard InChI is InChI=1S/C29H39N7O2/c1-2-3-4-5-6-7-8-9-12-21-14-16-31-23(19-21)24-20-22(15-17-32-24)13-10-11-18-36-26-25(33-29(36)38)27(37)35-28(30)34-26/h14-17,19-20H,2-13,18H2,1H3,(H,33,38)(H3,30,34,35,37). The first-order chi connectivity index (χ1) is 18.5. The summed E-state index contributed by atoms with van der Waals surface area (Å²) in [5, 5.41) is 0. The van der Waals surface area contributed by atoms with Gasteiger partial charge in [0, 0.05) is 18.9 Å². The van der Waals surface area contributed by atoms with E-state index >= 15 is 0 Å². The molecule has 4 heterocycles. The molecule has 0 fully saturated rings. The maximum Gasteiger partial charge on any atom is 0.327 e. The average Bonchev–Trinajstić information content (AvgIpc) is 3.23. The summed E-state index contributed by atoms with van der Waals surface area (Å²) >= 11 is 0. The largest absolute Gasteiger partial charge is 0.369 e. The zero-order valence-electron chi connectivity index (χ0n) is 22.3. The van der Waals surface area contributed by atoms with Crippen molar-refractivity contribution in [3.05, 3.63) is 68.6 Å². The van der Waals surface area contributed by atoms with Crippen LogP contribution >= 0.6 is 0 Å². The number of nitrogens with two attached hydrogens (primary N) is 1.